The molecule has 0 bridgehead atoms. The van der Waals surface area contributed by atoms with Crippen LogP contribution in [-0.4, -0.2) is 58.4 Å². The van der Waals surface area contributed by atoms with Crippen LogP contribution >= 0.6 is 11.6 Å². The first-order valence-corrected chi connectivity index (χ1v) is 10.7. The number of aliphatic hydroxyl groups excluding tert-OH is 1. The van der Waals surface area contributed by atoms with E-state index in [4.69, 9.17) is 16.3 Å². The smallest absolute Gasteiger partial charge is 0.318 e. The first-order chi connectivity index (χ1) is 15.0. The van der Waals surface area contributed by atoms with Gasteiger partial charge in [0, 0.05) is 19.3 Å². The van der Waals surface area contributed by atoms with Crippen LogP contribution in [0.25, 0.3) is 0 Å². The van der Waals surface area contributed by atoms with Crippen LogP contribution in [0.4, 0.5) is 15.1 Å². The van der Waals surface area contributed by atoms with Gasteiger partial charge in [0.1, 0.15) is 5.82 Å². The number of fused-ring (bicyclic) bond motifs is 1. The van der Waals surface area contributed by atoms with Gasteiger partial charge in [0.05, 0.1) is 42.6 Å². The summed E-state index contributed by atoms with van der Waals surface area (Å²) >= 11 is 5.72. The third-order valence-corrected chi connectivity index (χ3v) is 5.86. The van der Waals surface area contributed by atoms with Gasteiger partial charge in [0.15, 0.2) is 0 Å². The maximum Gasteiger partial charge on any atom is 0.318 e. The second kappa shape index (κ2) is 9.76. The van der Waals surface area contributed by atoms with Gasteiger partial charge >= 0.3 is 6.03 Å². The number of benzene rings is 1. The standard InChI is InChI=1S/C21H25ClFN5O3/c22-16-4-3-13(8-17(16)23)19(11-29)27-21(30)28-6-5-14-9-24-20(26-18(14)10-28)25-15-2-1-7-31-12-15/h3-4,8-9,15,19,29H,1-2,5-7,10-12H2,(H,27,30)(H,24,25,26). The molecule has 1 fully saturated rings. The Morgan fingerprint density at radius 1 is 1.45 bits per heavy atom. The zero-order chi connectivity index (χ0) is 21.8. The molecule has 3 N–H and O–H groups in total. The number of amides is 2. The highest BCUT2D eigenvalue weighted by molar-refractivity contribution is 6.30. The van der Waals surface area contributed by atoms with Crippen LogP contribution in [0.15, 0.2) is 24.4 Å². The summed E-state index contributed by atoms with van der Waals surface area (Å²) in [4.78, 5) is 23.4. The average molecular weight is 450 g/mol. The SMILES string of the molecule is O=C(NC(CO)c1ccc(Cl)c(F)c1)N1CCc2cnc(NC3CCCOC3)nc2C1. The number of hydrogen-bond acceptors (Lipinski definition) is 6. The molecule has 4 rings (SSSR count). The topological polar surface area (TPSA) is 99.6 Å². The van der Waals surface area contributed by atoms with Gasteiger partial charge in [0.2, 0.25) is 5.95 Å². The molecule has 166 valence electrons. The van der Waals surface area contributed by atoms with Gasteiger partial charge in [-0.15, -0.1) is 0 Å². The minimum absolute atomic E-state index is 0.0108. The number of nitrogens with one attached hydrogen (secondary N) is 2. The highest BCUT2D eigenvalue weighted by Gasteiger charge is 2.25. The largest absolute Gasteiger partial charge is 0.394 e. The fraction of sp³-hybridized carbons (Fsp3) is 0.476. The Balaban J connectivity index is 1.41. The highest BCUT2D eigenvalue weighted by atomic mass is 35.5. The first-order valence-electron chi connectivity index (χ1n) is 10.3. The monoisotopic (exact) mass is 449 g/mol. The van der Waals surface area contributed by atoms with E-state index in [1.165, 1.54) is 12.1 Å². The maximum atomic E-state index is 13.8. The zero-order valence-electron chi connectivity index (χ0n) is 17.0. The number of ether oxygens (including phenoxy) is 1. The van der Waals surface area contributed by atoms with Crippen LogP contribution in [0, 0.1) is 5.82 Å². The second-order valence-electron chi connectivity index (χ2n) is 7.75. The van der Waals surface area contributed by atoms with Crippen LogP contribution in [0.2, 0.25) is 5.02 Å². The van der Waals surface area contributed by atoms with Crippen LogP contribution in [0.1, 0.15) is 35.7 Å². The van der Waals surface area contributed by atoms with E-state index in [9.17, 15) is 14.3 Å². The number of anilines is 1. The van der Waals surface area contributed by atoms with Crippen molar-refractivity contribution in [3.05, 3.63) is 52.1 Å². The van der Waals surface area contributed by atoms with Gasteiger partial charge < -0.3 is 25.4 Å². The third kappa shape index (κ3) is 5.23. The molecule has 31 heavy (non-hydrogen) atoms. The molecule has 1 aromatic heterocycles. The summed E-state index contributed by atoms with van der Waals surface area (Å²) in [6.07, 6.45) is 4.44. The Morgan fingerprint density at radius 2 is 2.32 bits per heavy atom. The first kappa shape index (κ1) is 21.7. The van der Waals surface area contributed by atoms with Crippen molar-refractivity contribution in [2.45, 2.75) is 37.9 Å². The molecule has 10 heteroatoms. The fourth-order valence-electron chi connectivity index (χ4n) is 3.79. The number of carbonyl (C=O) groups excluding carboxylic acids is 1. The fourth-order valence-corrected chi connectivity index (χ4v) is 3.90. The third-order valence-electron chi connectivity index (χ3n) is 5.55. The molecule has 0 spiro atoms. The lowest BCUT2D eigenvalue weighted by Crippen LogP contribution is -2.45. The number of halogens is 2. The van der Waals surface area contributed by atoms with Gasteiger partial charge in [-0.3, -0.25) is 0 Å². The number of urea groups is 1. The average Bonchev–Trinajstić information content (AvgIpc) is 2.79. The van der Waals surface area contributed by atoms with Crippen molar-refractivity contribution in [1.29, 1.82) is 0 Å². The van der Waals surface area contributed by atoms with Crippen LogP contribution in [0.3, 0.4) is 0 Å². The minimum Gasteiger partial charge on any atom is -0.394 e. The quantitative estimate of drug-likeness (QED) is 0.649. The molecule has 0 radical (unpaired) electrons. The van der Waals surface area contributed by atoms with Crippen molar-refractivity contribution < 1.29 is 19.0 Å². The van der Waals surface area contributed by atoms with E-state index < -0.39 is 11.9 Å². The van der Waals surface area contributed by atoms with Gasteiger partial charge in [-0.25, -0.2) is 19.2 Å². The number of rotatable bonds is 5. The molecule has 1 aromatic carbocycles. The zero-order valence-corrected chi connectivity index (χ0v) is 17.7. The van der Waals surface area contributed by atoms with E-state index >= 15 is 0 Å². The molecule has 2 atom stereocenters. The lowest BCUT2D eigenvalue weighted by atomic mass is 10.1. The van der Waals surface area contributed by atoms with Crippen LogP contribution in [-0.2, 0) is 17.7 Å². The molecule has 2 aliphatic rings. The number of aliphatic hydroxyl groups is 1. The van der Waals surface area contributed by atoms with E-state index in [0.29, 0.717) is 37.6 Å². The molecule has 2 unspecified atom stereocenters. The van der Waals surface area contributed by atoms with Crippen molar-refractivity contribution in [1.82, 2.24) is 20.2 Å². The summed E-state index contributed by atoms with van der Waals surface area (Å²) in [5.74, 6) is -0.0692. The van der Waals surface area contributed by atoms with Crippen LogP contribution in [0.5, 0.6) is 0 Å². The van der Waals surface area contributed by atoms with Crippen molar-refractivity contribution in [3.8, 4) is 0 Å². The van der Waals surface area contributed by atoms with Crippen molar-refractivity contribution in [2.24, 2.45) is 0 Å². The van der Waals surface area contributed by atoms with Gasteiger partial charge in [-0.1, -0.05) is 17.7 Å². The molecular weight excluding hydrogens is 425 g/mol. The summed E-state index contributed by atoms with van der Waals surface area (Å²) in [5.41, 5.74) is 2.24. The summed E-state index contributed by atoms with van der Waals surface area (Å²) in [5, 5.41) is 15.8. The second-order valence-corrected chi connectivity index (χ2v) is 8.16. The molecule has 8 nitrogen and oxygen atoms in total. The van der Waals surface area contributed by atoms with E-state index in [1.54, 1.807) is 17.2 Å². The molecule has 3 heterocycles. The summed E-state index contributed by atoms with van der Waals surface area (Å²) in [7, 11) is 0. The van der Waals surface area contributed by atoms with E-state index in [1.807, 2.05) is 0 Å². The highest BCUT2D eigenvalue weighted by Crippen LogP contribution is 2.22. The summed E-state index contributed by atoms with van der Waals surface area (Å²) in [6.45, 7) is 1.87. The Labute approximate surface area is 184 Å². The number of hydrogen-bond donors (Lipinski definition) is 3. The lowest BCUT2D eigenvalue weighted by molar-refractivity contribution is 0.0874. The molecule has 2 amide bonds. The molecule has 2 aromatic rings. The van der Waals surface area contributed by atoms with Gasteiger partial charge in [-0.05, 0) is 42.5 Å². The predicted octanol–water partition coefficient (Wildman–Crippen LogP) is 2.66. The van der Waals surface area contributed by atoms with E-state index in [2.05, 4.69) is 20.6 Å². The predicted molar refractivity (Wildman–Crippen MR) is 113 cm³/mol. The maximum absolute atomic E-state index is 13.8. The Morgan fingerprint density at radius 3 is 3.06 bits per heavy atom. The van der Waals surface area contributed by atoms with Gasteiger partial charge in [0.25, 0.3) is 0 Å². The normalized spacial score (nSPS) is 19.5. The van der Waals surface area contributed by atoms with E-state index in [-0.39, 0.29) is 23.7 Å². The minimum atomic E-state index is -0.741. The van der Waals surface area contributed by atoms with Crippen molar-refractivity contribution in [3.63, 3.8) is 0 Å². The molecule has 0 aliphatic carbocycles. The lowest BCUT2D eigenvalue weighted by Gasteiger charge is -2.30. The molecular formula is C21H25ClFN5O3. The van der Waals surface area contributed by atoms with Crippen molar-refractivity contribution in [2.75, 3.05) is 31.7 Å². The molecule has 1 saturated heterocycles. The molecule has 2 aliphatic heterocycles. The van der Waals surface area contributed by atoms with Crippen molar-refractivity contribution >= 4 is 23.6 Å². The number of aromatic nitrogens is 2. The van der Waals surface area contributed by atoms with E-state index in [0.717, 1.165) is 30.7 Å². The number of carbonyl (C=O) groups is 1. The van der Waals surface area contributed by atoms with Gasteiger partial charge in [-0.2, -0.15) is 0 Å². The summed E-state index contributed by atoms with van der Waals surface area (Å²) < 4.78 is 19.3. The Hall–Kier alpha value is -2.49. The molecule has 0 saturated carbocycles. The van der Waals surface area contributed by atoms with Crippen LogP contribution < -0.4 is 10.6 Å². The Bertz CT molecular complexity index is 941. The Kier molecular flexibility index (Phi) is 6.84. The summed E-state index contributed by atoms with van der Waals surface area (Å²) in [6, 6.07) is 3.29. The number of nitrogens with zero attached hydrogens (tertiary/aromatic N) is 3.